The first-order valence-electron chi connectivity index (χ1n) is 9.74. The van der Waals surface area contributed by atoms with E-state index < -0.39 is 18.5 Å². The number of rotatable bonds is 7. The monoisotopic (exact) mass is 455 g/mol. The van der Waals surface area contributed by atoms with Crippen molar-refractivity contribution in [2.24, 2.45) is 0 Å². The van der Waals surface area contributed by atoms with Crippen molar-refractivity contribution in [2.75, 3.05) is 25.5 Å². The lowest BCUT2D eigenvalue weighted by Gasteiger charge is -2.16. The van der Waals surface area contributed by atoms with Gasteiger partial charge in [0.2, 0.25) is 5.91 Å². The number of carbonyl (C=O) groups excluding carboxylic acids is 3. The molecule has 1 N–H and O–H groups in total. The number of nitrogens with one attached hydrogen (secondary N) is 1. The summed E-state index contributed by atoms with van der Waals surface area (Å²) in [4.78, 5) is 42.6. The topological polar surface area (TPSA) is 88.6 Å². The van der Waals surface area contributed by atoms with Crippen molar-refractivity contribution in [3.63, 3.8) is 0 Å². The Bertz CT molecular complexity index is 1130. The molecule has 0 spiro atoms. The number of nitrogens with zero attached hydrogens (tertiary/aromatic N) is 2. The molecule has 0 aliphatic rings. The maximum Gasteiger partial charge on any atom is 0.350 e. The van der Waals surface area contributed by atoms with E-state index in [1.807, 2.05) is 19.1 Å². The van der Waals surface area contributed by atoms with E-state index in [1.54, 1.807) is 31.2 Å². The van der Waals surface area contributed by atoms with Crippen LogP contribution in [0.4, 0.5) is 10.1 Å². The molecule has 0 aliphatic heterocycles. The first-order valence-corrected chi connectivity index (χ1v) is 10.6. The van der Waals surface area contributed by atoms with E-state index in [0.717, 1.165) is 16.9 Å². The van der Waals surface area contributed by atoms with Gasteiger partial charge in [-0.3, -0.25) is 9.59 Å². The predicted octanol–water partition coefficient (Wildman–Crippen LogP) is 3.82. The summed E-state index contributed by atoms with van der Waals surface area (Å²) in [5, 5.41) is 3.25. The second kappa shape index (κ2) is 10.1. The average molecular weight is 456 g/mol. The molecule has 0 aliphatic carbocycles. The van der Waals surface area contributed by atoms with Gasteiger partial charge in [-0.05, 0) is 50.2 Å². The van der Waals surface area contributed by atoms with Gasteiger partial charge < -0.3 is 15.0 Å². The van der Waals surface area contributed by atoms with Crippen LogP contribution >= 0.6 is 11.3 Å². The Morgan fingerprint density at radius 1 is 1.06 bits per heavy atom. The smallest absolute Gasteiger partial charge is 0.350 e. The van der Waals surface area contributed by atoms with E-state index in [-0.39, 0.29) is 23.1 Å². The molecule has 0 bridgehead atoms. The Morgan fingerprint density at radius 3 is 2.38 bits per heavy atom. The molecule has 0 saturated carbocycles. The SMILES string of the molecule is Cc1ccc(NC(=O)CN(C)C(=O)COC(=O)c2sc(-c3ccc(F)cc3)nc2C)cc1. The van der Waals surface area contributed by atoms with E-state index in [2.05, 4.69) is 10.3 Å². The minimum atomic E-state index is -0.681. The molecule has 3 aromatic rings. The van der Waals surface area contributed by atoms with Crippen molar-refractivity contribution in [3.8, 4) is 10.6 Å². The number of ether oxygens (including phenoxy) is 1. The molecule has 2 amide bonds. The number of anilines is 1. The van der Waals surface area contributed by atoms with E-state index in [1.165, 1.54) is 24.1 Å². The van der Waals surface area contributed by atoms with Gasteiger partial charge in [-0.15, -0.1) is 11.3 Å². The predicted molar refractivity (Wildman–Crippen MR) is 120 cm³/mol. The van der Waals surface area contributed by atoms with Crippen molar-refractivity contribution in [3.05, 3.63) is 70.5 Å². The summed E-state index contributed by atoms with van der Waals surface area (Å²) in [6, 6.07) is 13.1. The Balaban J connectivity index is 1.52. The Labute approximate surface area is 188 Å². The molecule has 1 heterocycles. The molecule has 2 aromatic carbocycles. The van der Waals surface area contributed by atoms with Crippen LogP contribution in [0, 0.1) is 19.7 Å². The number of aromatic nitrogens is 1. The van der Waals surface area contributed by atoms with Gasteiger partial charge in [0.15, 0.2) is 6.61 Å². The first-order chi connectivity index (χ1) is 15.2. The quantitative estimate of drug-likeness (QED) is 0.547. The second-order valence-corrected chi connectivity index (χ2v) is 8.18. The molecular formula is C23H22FN3O4S. The zero-order valence-electron chi connectivity index (χ0n) is 17.8. The number of hydrogen-bond acceptors (Lipinski definition) is 6. The van der Waals surface area contributed by atoms with Crippen LogP contribution in [0.15, 0.2) is 48.5 Å². The molecule has 3 rings (SSSR count). The summed E-state index contributed by atoms with van der Waals surface area (Å²) in [6.07, 6.45) is 0. The van der Waals surface area contributed by atoms with Gasteiger partial charge in [0.25, 0.3) is 5.91 Å². The highest BCUT2D eigenvalue weighted by Gasteiger charge is 2.20. The number of halogens is 1. The van der Waals surface area contributed by atoms with Crippen LogP contribution in [0.2, 0.25) is 0 Å². The Hall–Kier alpha value is -3.59. The fourth-order valence-electron chi connectivity index (χ4n) is 2.75. The van der Waals surface area contributed by atoms with Crippen molar-refractivity contribution in [1.29, 1.82) is 0 Å². The number of thiazole rings is 1. The van der Waals surface area contributed by atoms with Crippen molar-refractivity contribution in [2.45, 2.75) is 13.8 Å². The minimum absolute atomic E-state index is 0.182. The number of aryl methyl sites for hydroxylation is 2. The summed E-state index contributed by atoms with van der Waals surface area (Å²) in [5.74, 6) is -1.92. The molecule has 0 unspecified atom stereocenters. The van der Waals surface area contributed by atoms with Crippen LogP contribution in [0.3, 0.4) is 0 Å². The maximum atomic E-state index is 13.1. The Kier molecular flexibility index (Phi) is 7.32. The van der Waals surface area contributed by atoms with Gasteiger partial charge in [-0.1, -0.05) is 17.7 Å². The van der Waals surface area contributed by atoms with Crippen LogP contribution in [0.1, 0.15) is 20.9 Å². The third-order valence-electron chi connectivity index (χ3n) is 4.54. The van der Waals surface area contributed by atoms with E-state index in [0.29, 0.717) is 22.0 Å². The van der Waals surface area contributed by atoms with Crippen molar-refractivity contribution < 1.29 is 23.5 Å². The van der Waals surface area contributed by atoms with Crippen molar-refractivity contribution in [1.82, 2.24) is 9.88 Å². The number of carbonyl (C=O) groups is 3. The van der Waals surface area contributed by atoms with Gasteiger partial charge in [0.05, 0.1) is 12.2 Å². The minimum Gasteiger partial charge on any atom is -0.451 e. The zero-order valence-corrected chi connectivity index (χ0v) is 18.7. The van der Waals surface area contributed by atoms with Gasteiger partial charge in [-0.2, -0.15) is 0 Å². The molecule has 1 aromatic heterocycles. The number of likely N-dealkylation sites (N-methyl/N-ethyl adjacent to an activating group) is 1. The summed E-state index contributed by atoms with van der Waals surface area (Å²) in [6.45, 7) is 2.91. The third kappa shape index (κ3) is 5.98. The molecule has 32 heavy (non-hydrogen) atoms. The number of esters is 1. The zero-order chi connectivity index (χ0) is 23.3. The lowest BCUT2D eigenvalue weighted by molar-refractivity contribution is -0.136. The lowest BCUT2D eigenvalue weighted by atomic mass is 10.2. The number of amides is 2. The lowest BCUT2D eigenvalue weighted by Crippen LogP contribution is -2.37. The highest BCUT2D eigenvalue weighted by Crippen LogP contribution is 2.28. The highest BCUT2D eigenvalue weighted by atomic mass is 32.1. The summed E-state index contributed by atoms with van der Waals surface area (Å²) >= 11 is 1.10. The molecule has 0 saturated heterocycles. The largest absolute Gasteiger partial charge is 0.451 e. The maximum absolute atomic E-state index is 13.1. The molecule has 166 valence electrons. The molecule has 0 radical (unpaired) electrons. The number of benzene rings is 2. The fourth-order valence-corrected chi connectivity index (χ4v) is 3.71. The first kappa shape index (κ1) is 23.1. The third-order valence-corrected chi connectivity index (χ3v) is 5.73. The summed E-state index contributed by atoms with van der Waals surface area (Å²) in [5.41, 5.74) is 2.83. The highest BCUT2D eigenvalue weighted by molar-refractivity contribution is 7.17. The van der Waals surface area contributed by atoms with E-state index in [4.69, 9.17) is 4.74 Å². The summed E-state index contributed by atoms with van der Waals surface area (Å²) < 4.78 is 18.2. The van der Waals surface area contributed by atoms with Crippen LogP contribution in [0.5, 0.6) is 0 Å². The van der Waals surface area contributed by atoms with Gasteiger partial charge >= 0.3 is 5.97 Å². The van der Waals surface area contributed by atoms with Gasteiger partial charge in [0.1, 0.15) is 15.7 Å². The molecule has 7 nitrogen and oxygen atoms in total. The van der Waals surface area contributed by atoms with Crippen LogP contribution in [-0.2, 0) is 14.3 Å². The average Bonchev–Trinajstić information content (AvgIpc) is 3.15. The fraction of sp³-hybridized carbons (Fsp3) is 0.217. The second-order valence-electron chi connectivity index (χ2n) is 7.18. The molecule has 9 heteroatoms. The van der Waals surface area contributed by atoms with Crippen LogP contribution in [0.25, 0.3) is 10.6 Å². The van der Waals surface area contributed by atoms with E-state index in [9.17, 15) is 18.8 Å². The normalized spacial score (nSPS) is 10.5. The Morgan fingerprint density at radius 2 is 1.72 bits per heavy atom. The standard InChI is InChI=1S/C23H22FN3O4S/c1-14-4-10-18(11-5-14)26-19(28)12-27(3)20(29)13-31-23(30)21-15(2)25-22(32-21)16-6-8-17(24)9-7-16/h4-11H,12-13H2,1-3H3,(H,26,28). The van der Waals surface area contributed by atoms with Crippen LogP contribution in [-0.4, -0.2) is 47.9 Å². The molecule has 0 fully saturated rings. The summed E-state index contributed by atoms with van der Waals surface area (Å²) in [7, 11) is 1.45. The molecular weight excluding hydrogens is 433 g/mol. The van der Waals surface area contributed by atoms with Gasteiger partial charge in [0, 0.05) is 18.3 Å². The van der Waals surface area contributed by atoms with E-state index >= 15 is 0 Å². The molecule has 0 atom stereocenters. The van der Waals surface area contributed by atoms with Gasteiger partial charge in [-0.25, -0.2) is 14.2 Å². The van der Waals surface area contributed by atoms with Crippen molar-refractivity contribution >= 4 is 34.8 Å². The van der Waals surface area contributed by atoms with Crippen LogP contribution < -0.4 is 5.32 Å². The number of hydrogen-bond donors (Lipinski definition) is 1.